The Balaban J connectivity index is 1.46. The number of rotatable bonds is 12. The van der Waals surface area contributed by atoms with Gasteiger partial charge in [0.1, 0.15) is 11.5 Å². The van der Waals surface area contributed by atoms with Crippen LogP contribution in [-0.2, 0) is 0 Å². The molecule has 2 aromatic carbocycles. The summed E-state index contributed by atoms with van der Waals surface area (Å²) in [6.45, 7) is 3.03. The third-order valence-electron chi connectivity index (χ3n) is 5.27. The Hall–Kier alpha value is -2.68. The van der Waals surface area contributed by atoms with Crippen molar-refractivity contribution in [3.8, 4) is 33.8 Å². The van der Waals surface area contributed by atoms with E-state index >= 15 is 0 Å². The summed E-state index contributed by atoms with van der Waals surface area (Å²) >= 11 is 0. The van der Waals surface area contributed by atoms with E-state index in [9.17, 15) is 5.11 Å². The third-order valence-corrected chi connectivity index (χ3v) is 5.27. The van der Waals surface area contributed by atoms with E-state index in [0.29, 0.717) is 0 Å². The molecule has 0 atom stereocenters. The van der Waals surface area contributed by atoms with Crippen LogP contribution in [0.4, 0.5) is 0 Å². The second-order valence-corrected chi connectivity index (χ2v) is 7.59. The lowest BCUT2D eigenvalue weighted by atomic mass is 9.99. The van der Waals surface area contributed by atoms with Gasteiger partial charge in [0.25, 0.3) is 0 Å². The lowest BCUT2D eigenvalue weighted by Crippen LogP contribution is -1.97. The number of phenols is 1. The molecule has 0 amide bonds. The first kappa shape index (κ1) is 21.0. The van der Waals surface area contributed by atoms with E-state index in [1.54, 1.807) is 24.7 Å². The maximum atomic E-state index is 9.50. The molecule has 3 rings (SSSR count). The summed E-state index contributed by atoms with van der Waals surface area (Å²) < 4.78 is 11.4. The topological polar surface area (TPSA) is 42.6 Å². The van der Waals surface area contributed by atoms with E-state index in [1.807, 2.05) is 24.3 Å². The van der Waals surface area contributed by atoms with Crippen molar-refractivity contribution in [3.63, 3.8) is 0 Å². The first-order valence-corrected chi connectivity index (χ1v) is 10.9. The fourth-order valence-electron chi connectivity index (χ4n) is 3.54. The molecule has 0 bridgehead atoms. The van der Waals surface area contributed by atoms with Crippen LogP contribution in [-0.4, -0.2) is 11.7 Å². The molecule has 0 unspecified atom stereocenters. The molecule has 0 aliphatic rings. The highest BCUT2D eigenvalue weighted by atomic mass is 16.5. The van der Waals surface area contributed by atoms with Gasteiger partial charge < -0.3 is 14.3 Å². The first-order valence-electron chi connectivity index (χ1n) is 10.9. The summed E-state index contributed by atoms with van der Waals surface area (Å²) in [4.78, 5) is 0. The maximum Gasteiger partial charge on any atom is 0.119 e. The molecule has 0 spiro atoms. The van der Waals surface area contributed by atoms with Crippen LogP contribution in [0.2, 0.25) is 0 Å². The Kier molecular flexibility index (Phi) is 8.24. The molecular formula is C26H32O3. The van der Waals surface area contributed by atoms with E-state index in [0.717, 1.165) is 41.0 Å². The SMILES string of the molecule is CCCCCCCCCCOc1ccc(-c2cocc2-c2ccc(O)cc2)cc1. The molecule has 0 saturated heterocycles. The summed E-state index contributed by atoms with van der Waals surface area (Å²) in [7, 11) is 0. The van der Waals surface area contributed by atoms with Gasteiger partial charge in [-0.25, -0.2) is 0 Å². The largest absolute Gasteiger partial charge is 0.508 e. The lowest BCUT2D eigenvalue weighted by Gasteiger charge is -2.08. The molecule has 29 heavy (non-hydrogen) atoms. The predicted octanol–water partition coefficient (Wildman–Crippen LogP) is 7.84. The fraction of sp³-hybridized carbons (Fsp3) is 0.385. The fourth-order valence-corrected chi connectivity index (χ4v) is 3.54. The third kappa shape index (κ3) is 6.42. The average Bonchev–Trinajstić information content (AvgIpc) is 3.23. The Morgan fingerprint density at radius 1 is 0.690 bits per heavy atom. The Labute approximate surface area is 174 Å². The van der Waals surface area contributed by atoms with Crippen molar-refractivity contribution in [2.24, 2.45) is 0 Å². The molecule has 3 aromatic rings. The van der Waals surface area contributed by atoms with Crippen molar-refractivity contribution >= 4 is 0 Å². The number of ether oxygens (including phenoxy) is 1. The van der Waals surface area contributed by atoms with Crippen molar-refractivity contribution in [2.75, 3.05) is 6.61 Å². The van der Waals surface area contributed by atoms with Gasteiger partial charge in [0.15, 0.2) is 0 Å². The number of benzene rings is 2. The van der Waals surface area contributed by atoms with E-state index in [2.05, 4.69) is 19.1 Å². The minimum atomic E-state index is 0.261. The minimum absolute atomic E-state index is 0.261. The van der Waals surface area contributed by atoms with Crippen LogP contribution in [0.15, 0.2) is 65.5 Å². The summed E-state index contributed by atoms with van der Waals surface area (Å²) in [5.74, 6) is 1.17. The van der Waals surface area contributed by atoms with Crippen LogP contribution in [0.3, 0.4) is 0 Å². The Morgan fingerprint density at radius 3 is 1.79 bits per heavy atom. The van der Waals surface area contributed by atoms with Crippen molar-refractivity contribution in [1.29, 1.82) is 0 Å². The van der Waals surface area contributed by atoms with Gasteiger partial charge in [-0.1, -0.05) is 76.1 Å². The molecule has 1 heterocycles. The second-order valence-electron chi connectivity index (χ2n) is 7.59. The summed E-state index contributed by atoms with van der Waals surface area (Å²) in [5, 5.41) is 9.50. The zero-order valence-electron chi connectivity index (χ0n) is 17.4. The van der Waals surface area contributed by atoms with Gasteiger partial charge in [0, 0.05) is 11.1 Å². The number of phenolic OH excluding ortho intramolecular Hbond substituents is 1. The van der Waals surface area contributed by atoms with E-state index in [1.165, 1.54) is 44.9 Å². The number of aromatic hydroxyl groups is 1. The molecule has 3 heteroatoms. The maximum absolute atomic E-state index is 9.50. The van der Waals surface area contributed by atoms with Gasteiger partial charge in [-0.15, -0.1) is 0 Å². The smallest absolute Gasteiger partial charge is 0.119 e. The lowest BCUT2D eigenvalue weighted by molar-refractivity contribution is 0.304. The van der Waals surface area contributed by atoms with Gasteiger partial charge in [0.2, 0.25) is 0 Å². The molecule has 0 aliphatic carbocycles. The average molecular weight is 393 g/mol. The molecule has 3 nitrogen and oxygen atoms in total. The van der Waals surface area contributed by atoms with Crippen LogP contribution in [0.25, 0.3) is 22.3 Å². The van der Waals surface area contributed by atoms with Gasteiger partial charge in [-0.2, -0.15) is 0 Å². The van der Waals surface area contributed by atoms with Crippen molar-refractivity contribution < 1.29 is 14.3 Å². The van der Waals surface area contributed by atoms with Crippen LogP contribution in [0.1, 0.15) is 58.3 Å². The summed E-state index contributed by atoms with van der Waals surface area (Å²) in [6.07, 6.45) is 14.0. The van der Waals surface area contributed by atoms with Crippen LogP contribution >= 0.6 is 0 Å². The molecule has 0 aliphatic heterocycles. The number of furan rings is 1. The molecule has 0 radical (unpaired) electrons. The zero-order chi connectivity index (χ0) is 20.3. The Morgan fingerprint density at radius 2 is 1.21 bits per heavy atom. The highest BCUT2D eigenvalue weighted by Gasteiger charge is 2.10. The van der Waals surface area contributed by atoms with Crippen LogP contribution in [0.5, 0.6) is 11.5 Å². The predicted molar refractivity (Wildman–Crippen MR) is 119 cm³/mol. The van der Waals surface area contributed by atoms with E-state index in [4.69, 9.17) is 9.15 Å². The highest BCUT2D eigenvalue weighted by molar-refractivity contribution is 5.82. The van der Waals surface area contributed by atoms with Gasteiger partial charge >= 0.3 is 0 Å². The zero-order valence-corrected chi connectivity index (χ0v) is 17.4. The molecule has 1 N–H and O–H groups in total. The summed E-state index contributed by atoms with van der Waals surface area (Å²) in [5.41, 5.74) is 4.14. The summed E-state index contributed by atoms with van der Waals surface area (Å²) in [6, 6.07) is 15.3. The quantitative estimate of drug-likeness (QED) is 0.319. The van der Waals surface area contributed by atoms with E-state index < -0.39 is 0 Å². The van der Waals surface area contributed by atoms with Crippen molar-refractivity contribution in [2.45, 2.75) is 58.3 Å². The van der Waals surface area contributed by atoms with Crippen molar-refractivity contribution in [3.05, 3.63) is 61.1 Å². The van der Waals surface area contributed by atoms with Gasteiger partial charge in [0.05, 0.1) is 19.1 Å². The standard InChI is InChI=1S/C26H32O3/c1-2-3-4-5-6-7-8-9-18-29-24-16-12-22(13-17-24)26-20-28-19-25(26)21-10-14-23(27)15-11-21/h10-17,19-20,27H,2-9,18H2,1H3. The number of hydrogen-bond donors (Lipinski definition) is 1. The normalized spacial score (nSPS) is 10.9. The van der Waals surface area contributed by atoms with E-state index in [-0.39, 0.29) is 5.75 Å². The first-order chi connectivity index (χ1) is 14.3. The molecule has 0 saturated carbocycles. The molecule has 0 fully saturated rings. The van der Waals surface area contributed by atoms with Crippen molar-refractivity contribution in [1.82, 2.24) is 0 Å². The monoisotopic (exact) mass is 392 g/mol. The van der Waals surface area contributed by atoms with Gasteiger partial charge in [-0.3, -0.25) is 0 Å². The molecular weight excluding hydrogens is 360 g/mol. The molecule has 1 aromatic heterocycles. The Bertz CT molecular complexity index is 831. The highest BCUT2D eigenvalue weighted by Crippen LogP contribution is 2.34. The molecule has 154 valence electrons. The number of unbranched alkanes of at least 4 members (excludes halogenated alkanes) is 7. The van der Waals surface area contributed by atoms with Crippen LogP contribution in [0, 0.1) is 0 Å². The second kappa shape index (κ2) is 11.4. The van der Waals surface area contributed by atoms with Gasteiger partial charge in [-0.05, 0) is 41.8 Å². The number of hydrogen-bond acceptors (Lipinski definition) is 3. The minimum Gasteiger partial charge on any atom is -0.508 e. The van der Waals surface area contributed by atoms with Crippen LogP contribution < -0.4 is 4.74 Å².